The maximum atomic E-state index is 12.5. The smallest absolute Gasteiger partial charge is 0.240 e. The van der Waals surface area contributed by atoms with Crippen LogP contribution in [0, 0.1) is 0 Å². The van der Waals surface area contributed by atoms with Crippen LogP contribution in [0.4, 0.5) is 5.82 Å². The van der Waals surface area contributed by atoms with Crippen LogP contribution in [0.3, 0.4) is 0 Å². The third-order valence-electron chi connectivity index (χ3n) is 5.27. The van der Waals surface area contributed by atoms with E-state index in [0.717, 1.165) is 11.4 Å². The molecule has 0 saturated carbocycles. The normalized spacial score (nSPS) is 15.3. The maximum Gasteiger partial charge on any atom is 0.240 e. The lowest BCUT2D eigenvalue weighted by atomic mass is 9.87. The topological polar surface area (TPSA) is 82.6 Å². The molecule has 0 radical (unpaired) electrons. The average Bonchev–Trinajstić information content (AvgIpc) is 2.74. The highest BCUT2D eigenvalue weighted by molar-refractivity contribution is 7.89. The lowest BCUT2D eigenvalue weighted by Gasteiger charge is -2.35. The summed E-state index contributed by atoms with van der Waals surface area (Å²) in [5.41, 5.74) is 1.03. The van der Waals surface area contributed by atoms with Gasteiger partial charge in [0.15, 0.2) is 0 Å². The van der Waals surface area contributed by atoms with Crippen LogP contribution in [0.25, 0.3) is 0 Å². The van der Waals surface area contributed by atoms with E-state index in [-0.39, 0.29) is 29.2 Å². The molecule has 162 valence electrons. The number of carbonyl (C=O) groups excluding carboxylic acids is 1. The van der Waals surface area contributed by atoms with Crippen LogP contribution in [0.15, 0.2) is 53.6 Å². The van der Waals surface area contributed by atoms with Crippen molar-refractivity contribution in [1.29, 1.82) is 0 Å². The molecule has 3 rings (SSSR count). The third-order valence-corrected chi connectivity index (χ3v) is 6.74. The highest BCUT2D eigenvalue weighted by atomic mass is 32.2. The zero-order valence-corrected chi connectivity index (χ0v) is 18.7. The summed E-state index contributed by atoms with van der Waals surface area (Å²) in [6.45, 7) is 8.97. The Bertz CT molecular complexity index is 946. The molecule has 1 amide bonds. The van der Waals surface area contributed by atoms with E-state index in [1.54, 1.807) is 23.2 Å². The van der Waals surface area contributed by atoms with E-state index < -0.39 is 10.0 Å². The lowest BCUT2D eigenvalue weighted by Crippen LogP contribution is -2.49. The molecule has 1 fully saturated rings. The minimum absolute atomic E-state index is 0.0390. The summed E-state index contributed by atoms with van der Waals surface area (Å²) in [5, 5.41) is 0. The molecule has 7 nitrogen and oxygen atoms in total. The second-order valence-electron chi connectivity index (χ2n) is 8.48. The van der Waals surface area contributed by atoms with Gasteiger partial charge >= 0.3 is 0 Å². The van der Waals surface area contributed by atoms with Crippen molar-refractivity contribution in [3.8, 4) is 0 Å². The summed E-state index contributed by atoms with van der Waals surface area (Å²) in [6.07, 6.45) is 1.90. The lowest BCUT2D eigenvalue weighted by molar-refractivity contribution is -0.131. The number of hydrogen-bond donors (Lipinski definition) is 1. The Morgan fingerprint density at radius 2 is 1.70 bits per heavy atom. The number of amides is 1. The molecular weight excluding hydrogens is 400 g/mol. The van der Waals surface area contributed by atoms with Crippen LogP contribution in [-0.4, -0.2) is 56.9 Å². The summed E-state index contributed by atoms with van der Waals surface area (Å²) in [4.78, 5) is 21.0. The summed E-state index contributed by atoms with van der Waals surface area (Å²) in [6, 6.07) is 12.7. The number of pyridine rings is 1. The minimum Gasteiger partial charge on any atom is -0.353 e. The standard InChI is InChI=1S/C22H30N4O3S/c1-22(2,3)18-7-9-19(10-8-18)30(28,29)24-13-11-21(27)26-16-14-25(15-17-26)20-6-4-5-12-23-20/h4-10,12,24H,11,13-17H2,1-3H3. The Kier molecular flexibility index (Phi) is 6.77. The molecule has 8 heteroatoms. The zero-order chi connectivity index (χ0) is 21.8. The summed E-state index contributed by atoms with van der Waals surface area (Å²) in [5.74, 6) is 0.872. The fourth-order valence-electron chi connectivity index (χ4n) is 3.39. The van der Waals surface area contributed by atoms with E-state index in [9.17, 15) is 13.2 Å². The Morgan fingerprint density at radius 1 is 1.03 bits per heavy atom. The van der Waals surface area contributed by atoms with E-state index in [1.165, 1.54) is 0 Å². The molecule has 2 aromatic rings. The number of sulfonamides is 1. The van der Waals surface area contributed by atoms with Crippen molar-refractivity contribution in [3.05, 3.63) is 54.2 Å². The van der Waals surface area contributed by atoms with Crippen LogP contribution in [0.2, 0.25) is 0 Å². The zero-order valence-electron chi connectivity index (χ0n) is 17.8. The summed E-state index contributed by atoms with van der Waals surface area (Å²) < 4.78 is 27.5. The first-order valence-corrected chi connectivity index (χ1v) is 11.7. The number of nitrogens with one attached hydrogen (secondary N) is 1. The molecule has 0 bridgehead atoms. The van der Waals surface area contributed by atoms with Gasteiger partial charge < -0.3 is 9.80 Å². The molecule has 1 aliphatic rings. The number of rotatable bonds is 6. The maximum absolute atomic E-state index is 12.5. The van der Waals surface area contributed by atoms with Gasteiger partial charge in [0.2, 0.25) is 15.9 Å². The first kappa shape index (κ1) is 22.2. The van der Waals surface area contributed by atoms with Gasteiger partial charge in [-0.2, -0.15) is 0 Å². The fraction of sp³-hybridized carbons (Fsp3) is 0.455. The summed E-state index contributed by atoms with van der Waals surface area (Å²) >= 11 is 0. The van der Waals surface area contributed by atoms with Gasteiger partial charge in [-0.1, -0.05) is 39.0 Å². The molecule has 1 N–H and O–H groups in total. The SMILES string of the molecule is CC(C)(C)c1ccc(S(=O)(=O)NCCC(=O)N2CCN(c3ccccn3)CC2)cc1. The van der Waals surface area contributed by atoms with Gasteiger partial charge in [0.25, 0.3) is 0 Å². The predicted molar refractivity (Wildman–Crippen MR) is 118 cm³/mol. The molecule has 1 aliphatic heterocycles. The second-order valence-corrected chi connectivity index (χ2v) is 10.2. The van der Waals surface area contributed by atoms with Crippen molar-refractivity contribution in [1.82, 2.24) is 14.6 Å². The molecule has 2 heterocycles. The van der Waals surface area contributed by atoms with Crippen LogP contribution in [0.1, 0.15) is 32.8 Å². The molecular formula is C22H30N4O3S. The second kappa shape index (κ2) is 9.14. The van der Waals surface area contributed by atoms with E-state index in [2.05, 4.69) is 35.4 Å². The van der Waals surface area contributed by atoms with Gasteiger partial charge in [0, 0.05) is 45.3 Å². The number of hydrogen-bond acceptors (Lipinski definition) is 5. The fourth-order valence-corrected chi connectivity index (χ4v) is 4.43. The van der Waals surface area contributed by atoms with Crippen LogP contribution in [-0.2, 0) is 20.2 Å². The molecule has 30 heavy (non-hydrogen) atoms. The predicted octanol–water partition coefficient (Wildman–Crippen LogP) is 2.40. The Labute approximate surface area is 179 Å². The average molecular weight is 431 g/mol. The van der Waals surface area contributed by atoms with Crippen LogP contribution in [0.5, 0.6) is 0 Å². The molecule has 1 aromatic carbocycles. The van der Waals surface area contributed by atoms with Gasteiger partial charge in [0.1, 0.15) is 5.82 Å². The molecule has 0 aliphatic carbocycles. The highest BCUT2D eigenvalue weighted by Gasteiger charge is 2.22. The largest absolute Gasteiger partial charge is 0.353 e. The van der Waals surface area contributed by atoms with Gasteiger partial charge in [-0.05, 0) is 35.2 Å². The van der Waals surface area contributed by atoms with Crippen molar-refractivity contribution in [2.45, 2.75) is 37.5 Å². The minimum atomic E-state index is -3.63. The van der Waals surface area contributed by atoms with Gasteiger partial charge in [-0.3, -0.25) is 4.79 Å². The van der Waals surface area contributed by atoms with Crippen molar-refractivity contribution in [2.75, 3.05) is 37.6 Å². The van der Waals surface area contributed by atoms with Crippen LogP contribution < -0.4 is 9.62 Å². The Balaban J connectivity index is 1.47. The Hall–Kier alpha value is -2.45. The van der Waals surface area contributed by atoms with E-state index in [4.69, 9.17) is 0 Å². The van der Waals surface area contributed by atoms with Crippen molar-refractivity contribution in [3.63, 3.8) is 0 Å². The third kappa shape index (κ3) is 5.58. The van der Waals surface area contributed by atoms with E-state index >= 15 is 0 Å². The quantitative estimate of drug-likeness (QED) is 0.761. The van der Waals surface area contributed by atoms with Crippen molar-refractivity contribution < 1.29 is 13.2 Å². The number of benzene rings is 1. The van der Waals surface area contributed by atoms with Crippen LogP contribution >= 0.6 is 0 Å². The molecule has 0 unspecified atom stereocenters. The van der Waals surface area contributed by atoms with E-state index in [0.29, 0.717) is 26.2 Å². The van der Waals surface area contributed by atoms with Gasteiger partial charge in [-0.15, -0.1) is 0 Å². The first-order chi connectivity index (χ1) is 14.2. The number of aromatic nitrogens is 1. The first-order valence-electron chi connectivity index (χ1n) is 10.2. The van der Waals surface area contributed by atoms with Gasteiger partial charge in [-0.25, -0.2) is 18.1 Å². The number of piperazine rings is 1. The Morgan fingerprint density at radius 3 is 2.27 bits per heavy atom. The van der Waals surface area contributed by atoms with Gasteiger partial charge in [0.05, 0.1) is 4.90 Å². The van der Waals surface area contributed by atoms with Crippen molar-refractivity contribution >= 4 is 21.7 Å². The molecule has 1 saturated heterocycles. The highest BCUT2D eigenvalue weighted by Crippen LogP contribution is 2.23. The molecule has 0 atom stereocenters. The molecule has 1 aromatic heterocycles. The molecule has 0 spiro atoms. The van der Waals surface area contributed by atoms with Crippen molar-refractivity contribution in [2.24, 2.45) is 0 Å². The number of carbonyl (C=O) groups is 1. The van der Waals surface area contributed by atoms with E-state index in [1.807, 2.05) is 30.3 Å². The number of nitrogens with zero attached hydrogens (tertiary/aromatic N) is 3. The summed E-state index contributed by atoms with van der Waals surface area (Å²) in [7, 11) is -3.63. The number of anilines is 1. The monoisotopic (exact) mass is 430 g/mol.